The minimum atomic E-state index is -3.97. The molecular weight excluding hydrogens is 464 g/mol. The molecule has 0 fully saturated rings. The third-order valence-electron chi connectivity index (χ3n) is 5.96. The lowest BCUT2D eigenvalue weighted by atomic mass is 10.1. The highest BCUT2D eigenvalue weighted by Crippen LogP contribution is 2.29. The summed E-state index contributed by atoms with van der Waals surface area (Å²) in [5, 5.41) is 0. The fraction of sp³-hybridized carbons (Fsp3) is 0.296. The molecule has 3 rings (SSSR count). The summed E-state index contributed by atoms with van der Waals surface area (Å²) in [5.74, 6) is 0.814. The molecular formula is C27H32N2O5S. The predicted octanol–water partition coefficient (Wildman–Crippen LogP) is 4.48. The molecule has 3 aromatic rings. The van der Waals surface area contributed by atoms with E-state index in [4.69, 9.17) is 9.47 Å². The summed E-state index contributed by atoms with van der Waals surface area (Å²) in [4.78, 5) is 14.9. The first-order valence-electron chi connectivity index (χ1n) is 11.2. The Bertz CT molecular complexity index is 1300. The van der Waals surface area contributed by atoms with Gasteiger partial charge in [0.05, 0.1) is 24.8 Å². The molecule has 0 aliphatic heterocycles. The lowest BCUT2D eigenvalue weighted by molar-refractivity contribution is -0.128. The van der Waals surface area contributed by atoms with E-state index in [-0.39, 0.29) is 23.9 Å². The largest absolute Gasteiger partial charge is 0.493 e. The van der Waals surface area contributed by atoms with E-state index in [1.165, 1.54) is 9.21 Å². The fourth-order valence-electron chi connectivity index (χ4n) is 3.62. The van der Waals surface area contributed by atoms with Crippen LogP contribution in [0.4, 0.5) is 5.69 Å². The number of hydrogen-bond acceptors (Lipinski definition) is 5. The third-order valence-corrected chi connectivity index (χ3v) is 7.75. The van der Waals surface area contributed by atoms with Gasteiger partial charge in [0.25, 0.3) is 10.0 Å². The van der Waals surface area contributed by atoms with Gasteiger partial charge in [-0.15, -0.1) is 0 Å². The molecule has 0 atom stereocenters. The minimum absolute atomic E-state index is 0.136. The van der Waals surface area contributed by atoms with Crippen molar-refractivity contribution >= 4 is 21.6 Å². The zero-order valence-corrected chi connectivity index (χ0v) is 21.8. The van der Waals surface area contributed by atoms with Crippen LogP contribution in [0.1, 0.15) is 22.3 Å². The van der Waals surface area contributed by atoms with E-state index in [0.717, 1.165) is 22.3 Å². The van der Waals surface area contributed by atoms with E-state index in [2.05, 4.69) is 0 Å². The maximum atomic E-state index is 13.6. The van der Waals surface area contributed by atoms with Crippen LogP contribution in [-0.4, -0.2) is 47.0 Å². The Kier molecular flexibility index (Phi) is 8.07. The molecule has 0 spiro atoms. The van der Waals surface area contributed by atoms with Crippen molar-refractivity contribution in [3.8, 4) is 11.5 Å². The molecule has 0 heterocycles. The zero-order valence-electron chi connectivity index (χ0n) is 21.0. The smallest absolute Gasteiger partial charge is 0.264 e. The van der Waals surface area contributed by atoms with Crippen LogP contribution < -0.4 is 13.8 Å². The number of ether oxygens (including phenoxy) is 2. The highest BCUT2D eigenvalue weighted by Gasteiger charge is 2.28. The summed E-state index contributed by atoms with van der Waals surface area (Å²) in [5.41, 5.74) is 4.21. The average molecular weight is 497 g/mol. The molecule has 1 amide bonds. The lowest BCUT2D eigenvalue weighted by Gasteiger charge is -2.27. The number of anilines is 1. The highest BCUT2D eigenvalue weighted by molar-refractivity contribution is 7.92. The molecule has 0 saturated heterocycles. The molecule has 0 N–H and O–H groups in total. The fourth-order valence-corrected chi connectivity index (χ4v) is 5.02. The van der Waals surface area contributed by atoms with E-state index < -0.39 is 10.0 Å². The summed E-state index contributed by atoms with van der Waals surface area (Å²) >= 11 is 0. The van der Waals surface area contributed by atoms with Gasteiger partial charge in [-0.05, 0) is 73.9 Å². The molecule has 7 nitrogen and oxygen atoms in total. The van der Waals surface area contributed by atoms with Crippen molar-refractivity contribution in [2.45, 2.75) is 32.2 Å². The Morgan fingerprint density at radius 3 is 2.09 bits per heavy atom. The number of carbonyl (C=O) groups is 1. The van der Waals surface area contributed by atoms with Crippen LogP contribution in [-0.2, 0) is 21.4 Å². The number of sulfonamides is 1. The zero-order chi connectivity index (χ0) is 25.8. The van der Waals surface area contributed by atoms with Crippen LogP contribution in [0.5, 0.6) is 11.5 Å². The van der Waals surface area contributed by atoms with Gasteiger partial charge in [-0.1, -0.05) is 29.8 Å². The van der Waals surface area contributed by atoms with Crippen molar-refractivity contribution in [2.75, 3.05) is 32.1 Å². The second-order valence-corrected chi connectivity index (χ2v) is 10.4. The number of rotatable bonds is 9. The Labute approximate surface area is 207 Å². The molecule has 0 radical (unpaired) electrons. The topological polar surface area (TPSA) is 76.2 Å². The van der Waals surface area contributed by atoms with Crippen molar-refractivity contribution in [3.05, 3.63) is 82.9 Å². The standard InChI is InChI=1S/C27H32N2O5S/c1-19-7-12-24(13-8-19)35(31,32)29(23-11-9-20(2)21(3)15-23)18-27(30)28(4)17-22-10-14-25(33-5)26(16-22)34-6/h7-16H,17-18H2,1-6H3. The molecule has 186 valence electrons. The molecule has 3 aromatic carbocycles. The Hall–Kier alpha value is -3.52. The van der Waals surface area contributed by atoms with Crippen molar-refractivity contribution in [3.63, 3.8) is 0 Å². The Morgan fingerprint density at radius 2 is 1.49 bits per heavy atom. The molecule has 0 saturated carbocycles. The van der Waals surface area contributed by atoms with Gasteiger partial charge in [-0.25, -0.2) is 8.42 Å². The van der Waals surface area contributed by atoms with E-state index in [9.17, 15) is 13.2 Å². The highest BCUT2D eigenvalue weighted by atomic mass is 32.2. The predicted molar refractivity (Wildman–Crippen MR) is 138 cm³/mol. The van der Waals surface area contributed by atoms with Gasteiger partial charge in [0.15, 0.2) is 11.5 Å². The number of amides is 1. The first-order chi connectivity index (χ1) is 16.6. The molecule has 0 aliphatic carbocycles. The number of aryl methyl sites for hydroxylation is 3. The summed E-state index contributed by atoms with van der Waals surface area (Å²) in [6, 6.07) is 17.4. The van der Waals surface area contributed by atoms with Gasteiger partial charge in [0.2, 0.25) is 5.91 Å². The van der Waals surface area contributed by atoms with Crippen molar-refractivity contribution in [1.29, 1.82) is 0 Å². The Balaban J connectivity index is 1.91. The van der Waals surface area contributed by atoms with Gasteiger partial charge < -0.3 is 14.4 Å². The van der Waals surface area contributed by atoms with E-state index in [1.807, 2.05) is 32.9 Å². The number of carbonyl (C=O) groups excluding carboxylic acids is 1. The monoisotopic (exact) mass is 496 g/mol. The third kappa shape index (κ3) is 5.95. The molecule has 0 unspecified atom stereocenters. The maximum Gasteiger partial charge on any atom is 0.264 e. The van der Waals surface area contributed by atoms with Gasteiger partial charge in [0, 0.05) is 13.6 Å². The molecule has 0 aliphatic rings. The number of likely N-dealkylation sites (N-methyl/N-ethyl adjacent to an activating group) is 1. The summed E-state index contributed by atoms with van der Waals surface area (Å²) in [6.07, 6.45) is 0. The van der Waals surface area contributed by atoms with Crippen LogP contribution in [0.15, 0.2) is 65.6 Å². The summed E-state index contributed by atoms with van der Waals surface area (Å²) in [7, 11) is 0.785. The Morgan fingerprint density at radius 1 is 0.829 bits per heavy atom. The van der Waals surface area contributed by atoms with Crippen molar-refractivity contribution in [1.82, 2.24) is 4.90 Å². The van der Waals surface area contributed by atoms with E-state index in [0.29, 0.717) is 17.2 Å². The van der Waals surface area contributed by atoms with Crippen LogP contribution >= 0.6 is 0 Å². The second-order valence-electron chi connectivity index (χ2n) is 8.53. The lowest BCUT2D eigenvalue weighted by Crippen LogP contribution is -2.41. The van der Waals surface area contributed by atoms with Gasteiger partial charge in [-0.2, -0.15) is 0 Å². The number of nitrogens with zero attached hydrogens (tertiary/aromatic N) is 2. The van der Waals surface area contributed by atoms with Crippen LogP contribution in [0, 0.1) is 20.8 Å². The van der Waals surface area contributed by atoms with Crippen molar-refractivity contribution < 1.29 is 22.7 Å². The van der Waals surface area contributed by atoms with Gasteiger partial charge in [-0.3, -0.25) is 9.10 Å². The number of benzene rings is 3. The number of methoxy groups -OCH3 is 2. The van der Waals surface area contributed by atoms with E-state index in [1.54, 1.807) is 69.8 Å². The van der Waals surface area contributed by atoms with Crippen LogP contribution in [0.3, 0.4) is 0 Å². The average Bonchev–Trinajstić information content (AvgIpc) is 2.84. The second kappa shape index (κ2) is 10.8. The van der Waals surface area contributed by atoms with Crippen LogP contribution in [0.25, 0.3) is 0 Å². The first kappa shape index (κ1) is 26.1. The van der Waals surface area contributed by atoms with Gasteiger partial charge >= 0.3 is 0 Å². The van der Waals surface area contributed by atoms with Crippen molar-refractivity contribution in [2.24, 2.45) is 0 Å². The first-order valence-corrected chi connectivity index (χ1v) is 12.6. The molecule has 0 bridgehead atoms. The quantitative estimate of drug-likeness (QED) is 0.437. The summed E-state index contributed by atoms with van der Waals surface area (Å²) in [6.45, 7) is 5.72. The molecule has 8 heteroatoms. The minimum Gasteiger partial charge on any atom is -0.493 e. The molecule has 0 aromatic heterocycles. The van der Waals surface area contributed by atoms with Gasteiger partial charge in [0.1, 0.15) is 6.54 Å². The van der Waals surface area contributed by atoms with Crippen LogP contribution in [0.2, 0.25) is 0 Å². The normalized spacial score (nSPS) is 11.1. The summed E-state index contributed by atoms with van der Waals surface area (Å²) < 4.78 is 39.1. The molecule has 35 heavy (non-hydrogen) atoms. The maximum absolute atomic E-state index is 13.6. The SMILES string of the molecule is COc1ccc(CN(C)C(=O)CN(c2ccc(C)c(C)c2)S(=O)(=O)c2ccc(C)cc2)cc1OC. The van der Waals surface area contributed by atoms with E-state index >= 15 is 0 Å². The number of hydrogen-bond donors (Lipinski definition) is 0.